The molecule has 1 fully saturated rings. The molecule has 0 unspecified atom stereocenters. The molecule has 1 aromatic carbocycles. The van der Waals surface area contributed by atoms with Crippen LogP contribution in [0.5, 0.6) is 0 Å². The highest BCUT2D eigenvalue weighted by Gasteiger charge is 2.36. The largest absolute Gasteiger partial charge is 0.325 e. The normalized spacial score (nSPS) is 18.5. The van der Waals surface area contributed by atoms with Gasteiger partial charge in [-0.15, -0.1) is 0 Å². The van der Waals surface area contributed by atoms with Crippen LogP contribution in [0.2, 0.25) is 0 Å². The Hall–Kier alpha value is -1.40. The van der Waals surface area contributed by atoms with Gasteiger partial charge in [0.05, 0.1) is 5.25 Å². The van der Waals surface area contributed by atoms with Crippen LogP contribution in [0, 0.1) is 6.92 Å². The summed E-state index contributed by atoms with van der Waals surface area (Å²) < 4.78 is 0.487. The van der Waals surface area contributed by atoms with Gasteiger partial charge in [-0.3, -0.25) is 14.5 Å². The summed E-state index contributed by atoms with van der Waals surface area (Å²) >= 11 is 6.51. The first-order valence-electron chi connectivity index (χ1n) is 6.39. The highest BCUT2D eigenvalue weighted by Crippen LogP contribution is 2.29. The first-order chi connectivity index (χ1) is 9.51. The Morgan fingerprint density at radius 2 is 2.05 bits per heavy atom. The van der Waals surface area contributed by atoms with Crippen molar-refractivity contribution in [3.63, 3.8) is 0 Å². The van der Waals surface area contributed by atoms with Crippen molar-refractivity contribution >= 4 is 45.8 Å². The van der Waals surface area contributed by atoms with Crippen LogP contribution in [0.3, 0.4) is 0 Å². The zero-order valence-corrected chi connectivity index (χ0v) is 13.0. The average Bonchev–Trinajstić information content (AvgIpc) is 2.69. The van der Waals surface area contributed by atoms with E-state index in [1.165, 1.54) is 16.7 Å². The molecule has 0 aromatic heterocycles. The third-order valence-corrected chi connectivity index (χ3v) is 4.76. The monoisotopic (exact) mass is 308 g/mol. The minimum absolute atomic E-state index is 0.0188. The Kier molecular flexibility index (Phi) is 4.77. The minimum Gasteiger partial charge on any atom is -0.325 e. The number of rotatable bonds is 4. The molecule has 20 heavy (non-hydrogen) atoms. The van der Waals surface area contributed by atoms with Crippen molar-refractivity contribution in [1.29, 1.82) is 0 Å². The molecule has 1 aliphatic rings. The molecule has 1 saturated heterocycles. The van der Waals surface area contributed by atoms with Crippen molar-refractivity contribution < 1.29 is 9.59 Å². The van der Waals surface area contributed by atoms with Gasteiger partial charge < -0.3 is 5.32 Å². The first-order valence-corrected chi connectivity index (χ1v) is 7.68. The van der Waals surface area contributed by atoms with Crippen LogP contribution in [-0.4, -0.2) is 32.8 Å². The minimum atomic E-state index is -0.234. The SMILES string of the molecule is CC[C@@H]1SC(=S)N(CC(=O)Nc2ccc(C)cc2)C1=O. The summed E-state index contributed by atoms with van der Waals surface area (Å²) in [6, 6.07) is 7.51. The van der Waals surface area contributed by atoms with E-state index in [1.54, 1.807) is 0 Å². The van der Waals surface area contributed by atoms with Crippen molar-refractivity contribution in [2.24, 2.45) is 0 Å². The molecule has 0 radical (unpaired) electrons. The number of aryl methyl sites for hydroxylation is 1. The average molecular weight is 308 g/mol. The zero-order valence-electron chi connectivity index (χ0n) is 11.4. The predicted molar refractivity (Wildman–Crippen MR) is 85.8 cm³/mol. The van der Waals surface area contributed by atoms with Gasteiger partial charge in [-0.25, -0.2) is 0 Å². The van der Waals surface area contributed by atoms with Gasteiger partial charge in [0.25, 0.3) is 0 Å². The molecule has 4 nitrogen and oxygen atoms in total. The van der Waals surface area contributed by atoms with Crippen molar-refractivity contribution in [3.05, 3.63) is 29.8 Å². The summed E-state index contributed by atoms with van der Waals surface area (Å²) in [7, 11) is 0. The lowest BCUT2D eigenvalue weighted by Gasteiger charge is -2.15. The van der Waals surface area contributed by atoms with Crippen LogP contribution in [0.15, 0.2) is 24.3 Å². The fourth-order valence-corrected chi connectivity index (χ4v) is 3.30. The lowest BCUT2D eigenvalue weighted by molar-refractivity contribution is -0.129. The highest BCUT2D eigenvalue weighted by molar-refractivity contribution is 8.24. The van der Waals surface area contributed by atoms with Gasteiger partial charge in [-0.05, 0) is 25.5 Å². The standard InChI is InChI=1S/C14H16N2O2S2/c1-3-11-13(18)16(14(19)20-11)8-12(17)15-10-6-4-9(2)5-7-10/h4-7,11H,3,8H2,1-2H3,(H,15,17)/t11-/m0/s1. The number of thiocarbonyl (C=S) groups is 1. The van der Waals surface area contributed by atoms with E-state index in [2.05, 4.69) is 5.32 Å². The molecule has 1 N–H and O–H groups in total. The smallest absolute Gasteiger partial charge is 0.244 e. The number of benzene rings is 1. The van der Waals surface area contributed by atoms with Crippen molar-refractivity contribution in [2.75, 3.05) is 11.9 Å². The van der Waals surface area contributed by atoms with E-state index in [9.17, 15) is 9.59 Å². The summed E-state index contributed by atoms with van der Waals surface area (Å²) in [5.74, 6) is -0.302. The lowest BCUT2D eigenvalue weighted by Crippen LogP contribution is -2.38. The molecule has 0 bridgehead atoms. The molecule has 0 aliphatic carbocycles. The molecule has 106 valence electrons. The van der Waals surface area contributed by atoms with E-state index in [0.717, 1.165) is 17.7 Å². The van der Waals surface area contributed by atoms with Crippen LogP contribution in [0.25, 0.3) is 0 Å². The fourth-order valence-electron chi connectivity index (χ4n) is 1.88. The second kappa shape index (κ2) is 6.37. The molecule has 0 saturated carbocycles. The molecule has 1 aromatic rings. The summed E-state index contributed by atoms with van der Waals surface area (Å²) in [5, 5.41) is 2.62. The second-order valence-corrected chi connectivity index (χ2v) is 6.46. The Morgan fingerprint density at radius 3 is 2.60 bits per heavy atom. The molecule has 2 amide bonds. The number of amides is 2. The number of carbonyl (C=O) groups excluding carboxylic acids is 2. The number of carbonyl (C=O) groups is 2. The Balaban J connectivity index is 1.96. The number of thioether (sulfide) groups is 1. The van der Waals surface area contributed by atoms with E-state index in [-0.39, 0.29) is 23.6 Å². The van der Waals surface area contributed by atoms with Gasteiger partial charge >= 0.3 is 0 Å². The zero-order chi connectivity index (χ0) is 14.7. The summed E-state index contributed by atoms with van der Waals surface area (Å²) in [4.78, 5) is 25.4. The highest BCUT2D eigenvalue weighted by atomic mass is 32.2. The lowest BCUT2D eigenvalue weighted by atomic mass is 10.2. The molecule has 0 spiro atoms. The van der Waals surface area contributed by atoms with Crippen LogP contribution in [-0.2, 0) is 9.59 Å². The quantitative estimate of drug-likeness (QED) is 0.869. The number of nitrogens with one attached hydrogen (secondary N) is 1. The van der Waals surface area contributed by atoms with Crippen molar-refractivity contribution in [1.82, 2.24) is 4.90 Å². The van der Waals surface area contributed by atoms with E-state index < -0.39 is 0 Å². The molecular formula is C14H16N2O2S2. The predicted octanol–water partition coefficient (Wildman–Crippen LogP) is 2.57. The van der Waals surface area contributed by atoms with Crippen LogP contribution < -0.4 is 5.32 Å². The number of anilines is 1. The van der Waals surface area contributed by atoms with Gasteiger partial charge in [-0.1, -0.05) is 48.6 Å². The molecule has 1 atom stereocenters. The van der Waals surface area contributed by atoms with E-state index in [0.29, 0.717) is 4.32 Å². The van der Waals surface area contributed by atoms with Crippen molar-refractivity contribution in [2.45, 2.75) is 25.5 Å². The fraction of sp³-hybridized carbons (Fsp3) is 0.357. The number of hydrogen-bond donors (Lipinski definition) is 1. The van der Waals surface area contributed by atoms with Crippen molar-refractivity contribution in [3.8, 4) is 0 Å². The Labute approximate surface area is 127 Å². The summed E-state index contributed by atoms with van der Waals surface area (Å²) in [6.07, 6.45) is 0.722. The molecule has 6 heteroatoms. The third kappa shape index (κ3) is 3.37. The van der Waals surface area contributed by atoms with Gasteiger partial charge in [-0.2, -0.15) is 0 Å². The van der Waals surface area contributed by atoms with Gasteiger partial charge in [0.15, 0.2) is 0 Å². The topological polar surface area (TPSA) is 49.4 Å². The maximum Gasteiger partial charge on any atom is 0.244 e. The van der Waals surface area contributed by atoms with Gasteiger partial charge in [0, 0.05) is 5.69 Å². The van der Waals surface area contributed by atoms with Gasteiger partial charge in [0.1, 0.15) is 10.9 Å². The molecule has 2 rings (SSSR count). The van der Waals surface area contributed by atoms with Crippen LogP contribution in [0.4, 0.5) is 5.69 Å². The van der Waals surface area contributed by atoms with E-state index >= 15 is 0 Å². The third-order valence-electron chi connectivity index (χ3n) is 3.01. The van der Waals surface area contributed by atoms with E-state index in [1.807, 2.05) is 38.1 Å². The van der Waals surface area contributed by atoms with Crippen LogP contribution >= 0.6 is 24.0 Å². The summed E-state index contributed by atoms with van der Waals surface area (Å²) in [5.41, 5.74) is 1.85. The molecule has 1 aliphatic heterocycles. The maximum atomic E-state index is 12.0. The maximum absolute atomic E-state index is 12.0. The Bertz CT molecular complexity index is 543. The van der Waals surface area contributed by atoms with Crippen LogP contribution in [0.1, 0.15) is 18.9 Å². The van der Waals surface area contributed by atoms with E-state index in [4.69, 9.17) is 12.2 Å². The Morgan fingerprint density at radius 1 is 1.40 bits per heavy atom. The van der Waals surface area contributed by atoms with Gasteiger partial charge in [0.2, 0.25) is 11.8 Å². The summed E-state index contributed by atoms with van der Waals surface area (Å²) in [6.45, 7) is 3.90. The second-order valence-electron chi connectivity index (χ2n) is 4.62. The first kappa shape index (κ1) is 15.0. The number of nitrogens with zero attached hydrogens (tertiary/aromatic N) is 1. The molecule has 1 heterocycles. The number of hydrogen-bond acceptors (Lipinski definition) is 4. The molecular weight excluding hydrogens is 292 g/mol.